The lowest BCUT2D eigenvalue weighted by Gasteiger charge is -2.25. The van der Waals surface area contributed by atoms with Crippen molar-refractivity contribution in [3.8, 4) is 0 Å². The molecule has 1 aromatic carbocycles. The van der Waals surface area contributed by atoms with Crippen LogP contribution >= 0.6 is 0 Å². The van der Waals surface area contributed by atoms with E-state index in [1.807, 2.05) is 0 Å². The summed E-state index contributed by atoms with van der Waals surface area (Å²) in [6.07, 6.45) is 0.799. The number of aliphatic hydroxyl groups is 1. The maximum atomic E-state index is 13.1. The molecule has 0 fully saturated rings. The second kappa shape index (κ2) is 5.79. The van der Waals surface area contributed by atoms with Crippen molar-refractivity contribution in [2.75, 3.05) is 0 Å². The minimum absolute atomic E-state index is 0.202. The Morgan fingerprint density at radius 1 is 1.17 bits per heavy atom. The topological polar surface area (TPSA) is 20.2 Å². The fourth-order valence-corrected chi connectivity index (χ4v) is 2.37. The first-order chi connectivity index (χ1) is 8.19. The number of hydrogen-bond acceptors (Lipinski definition) is 1. The standard InChI is InChI=1S/C15H22F2O/c1-10(9-15(2,3)4)7-14(18)11-5-6-12(16)13(17)8-11/h5-6,8,10,14,18H,7,9H2,1-4H3. The quantitative estimate of drug-likeness (QED) is 0.843. The van der Waals surface area contributed by atoms with Crippen LogP contribution in [0.25, 0.3) is 0 Å². The van der Waals surface area contributed by atoms with Crippen LogP contribution in [0.15, 0.2) is 18.2 Å². The van der Waals surface area contributed by atoms with E-state index in [4.69, 9.17) is 0 Å². The molecule has 1 N–H and O–H groups in total. The SMILES string of the molecule is CC(CC(O)c1ccc(F)c(F)c1)CC(C)(C)C. The smallest absolute Gasteiger partial charge is 0.159 e. The normalized spacial score (nSPS) is 15.5. The van der Waals surface area contributed by atoms with E-state index >= 15 is 0 Å². The fraction of sp³-hybridized carbons (Fsp3) is 0.600. The van der Waals surface area contributed by atoms with Gasteiger partial charge in [0.25, 0.3) is 0 Å². The second-order valence-corrected chi connectivity index (χ2v) is 6.30. The highest BCUT2D eigenvalue weighted by Crippen LogP contribution is 2.30. The molecule has 0 bridgehead atoms. The molecule has 0 radical (unpaired) electrons. The van der Waals surface area contributed by atoms with Gasteiger partial charge in [-0.2, -0.15) is 0 Å². The van der Waals surface area contributed by atoms with Crippen LogP contribution in [0.1, 0.15) is 52.2 Å². The van der Waals surface area contributed by atoms with E-state index in [1.54, 1.807) is 0 Å². The maximum absolute atomic E-state index is 13.1. The van der Waals surface area contributed by atoms with E-state index in [9.17, 15) is 13.9 Å². The number of rotatable bonds is 4. The van der Waals surface area contributed by atoms with Gasteiger partial charge in [0, 0.05) is 0 Å². The lowest BCUT2D eigenvalue weighted by atomic mass is 9.82. The first kappa shape index (κ1) is 15.1. The number of benzene rings is 1. The van der Waals surface area contributed by atoms with Crippen molar-refractivity contribution < 1.29 is 13.9 Å². The van der Waals surface area contributed by atoms with Crippen LogP contribution in [0.2, 0.25) is 0 Å². The van der Waals surface area contributed by atoms with Crippen molar-refractivity contribution in [1.82, 2.24) is 0 Å². The summed E-state index contributed by atoms with van der Waals surface area (Å²) in [5.74, 6) is -1.46. The Kier molecular flexibility index (Phi) is 4.85. The molecule has 0 aliphatic rings. The molecule has 3 heteroatoms. The lowest BCUT2D eigenvalue weighted by Crippen LogP contribution is -2.13. The van der Waals surface area contributed by atoms with Crippen LogP contribution in [0.3, 0.4) is 0 Å². The summed E-state index contributed by atoms with van der Waals surface area (Å²) in [5.41, 5.74) is 0.641. The van der Waals surface area contributed by atoms with Crippen LogP contribution in [0, 0.1) is 23.0 Å². The average Bonchev–Trinajstić information content (AvgIpc) is 2.18. The summed E-state index contributed by atoms with van der Waals surface area (Å²) in [6, 6.07) is 3.57. The minimum Gasteiger partial charge on any atom is -0.388 e. The van der Waals surface area contributed by atoms with Gasteiger partial charge in [-0.15, -0.1) is 0 Å². The van der Waals surface area contributed by atoms with Crippen LogP contribution < -0.4 is 0 Å². The molecule has 0 saturated heterocycles. The van der Waals surface area contributed by atoms with Crippen LogP contribution in [0.5, 0.6) is 0 Å². The number of hydrogen-bond donors (Lipinski definition) is 1. The molecule has 0 aliphatic heterocycles. The van der Waals surface area contributed by atoms with E-state index in [0.717, 1.165) is 18.6 Å². The Labute approximate surface area is 108 Å². The van der Waals surface area contributed by atoms with Gasteiger partial charge in [0.15, 0.2) is 11.6 Å². The fourth-order valence-electron chi connectivity index (χ4n) is 2.37. The van der Waals surface area contributed by atoms with Crippen LogP contribution in [-0.2, 0) is 0 Å². The van der Waals surface area contributed by atoms with Gasteiger partial charge in [-0.05, 0) is 41.9 Å². The Bertz CT molecular complexity index is 396. The molecular formula is C15H22F2O. The van der Waals surface area contributed by atoms with E-state index in [0.29, 0.717) is 17.9 Å². The zero-order valence-electron chi connectivity index (χ0n) is 11.5. The number of aliphatic hydroxyl groups excluding tert-OH is 1. The van der Waals surface area contributed by atoms with Gasteiger partial charge in [0.2, 0.25) is 0 Å². The predicted molar refractivity (Wildman–Crippen MR) is 69.2 cm³/mol. The summed E-state index contributed by atoms with van der Waals surface area (Å²) < 4.78 is 25.9. The van der Waals surface area contributed by atoms with Crippen molar-refractivity contribution in [3.63, 3.8) is 0 Å². The van der Waals surface area contributed by atoms with Gasteiger partial charge in [-0.1, -0.05) is 33.8 Å². The summed E-state index contributed by atoms with van der Waals surface area (Å²) in [4.78, 5) is 0. The van der Waals surface area contributed by atoms with Crippen molar-refractivity contribution >= 4 is 0 Å². The molecule has 1 aromatic rings. The van der Waals surface area contributed by atoms with Crippen molar-refractivity contribution in [3.05, 3.63) is 35.4 Å². The predicted octanol–water partition coefficient (Wildman–Crippen LogP) is 4.46. The molecule has 0 heterocycles. The molecule has 0 amide bonds. The van der Waals surface area contributed by atoms with Gasteiger partial charge >= 0.3 is 0 Å². The van der Waals surface area contributed by atoms with Gasteiger partial charge in [-0.3, -0.25) is 0 Å². The summed E-state index contributed by atoms with van der Waals surface area (Å²) >= 11 is 0. The van der Waals surface area contributed by atoms with E-state index in [-0.39, 0.29) is 5.41 Å². The van der Waals surface area contributed by atoms with E-state index < -0.39 is 17.7 Å². The molecule has 1 nitrogen and oxygen atoms in total. The first-order valence-electron chi connectivity index (χ1n) is 6.32. The lowest BCUT2D eigenvalue weighted by molar-refractivity contribution is 0.133. The molecular weight excluding hydrogens is 234 g/mol. The Morgan fingerprint density at radius 3 is 2.28 bits per heavy atom. The Morgan fingerprint density at radius 2 is 1.78 bits per heavy atom. The molecule has 102 valence electrons. The molecule has 0 saturated carbocycles. The minimum atomic E-state index is -0.907. The molecule has 18 heavy (non-hydrogen) atoms. The summed E-state index contributed by atoms with van der Waals surface area (Å²) in [7, 11) is 0. The van der Waals surface area contributed by atoms with Crippen molar-refractivity contribution in [1.29, 1.82) is 0 Å². The van der Waals surface area contributed by atoms with Crippen molar-refractivity contribution in [2.45, 2.75) is 46.6 Å². The molecule has 0 aliphatic carbocycles. The van der Waals surface area contributed by atoms with Gasteiger partial charge in [-0.25, -0.2) is 8.78 Å². The van der Waals surface area contributed by atoms with E-state index in [1.165, 1.54) is 6.07 Å². The Balaban J connectivity index is 2.64. The average molecular weight is 256 g/mol. The highest BCUT2D eigenvalue weighted by Gasteiger charge is 2.19. The third kappa shape index (κ3) is 4.73. The summed E-state index contributed by atoms with van der Waals surface area (Å²) in [6.45, 7) is 8.50. The first-order valence-corrected chi connectivity index (χ1v) is 6.32. The molecule has 2 unspecified atom stereocenters. The van der Waals surface area contributed by atoms with Gasteiger partial charge in [0.05, 0.1) is 6.10 Å². The molecule has 0 aromatic heterocycles. The molecule has 1 rings (SSSR count). The Hall–Kier alpha value is -0.960. The van der Waals surface area contributed by atoms with E-state index in [2.05, 4.69) is 27.7 Å². The molecule has 2 atom stereocenters. The van der Waals surface area contributed by atoms with Crippen LogP contribution in [-0.4, -0.2) is 5.11 Å². The zero-order chi connectivity index (χ0) is 13.9. The van der Waals surface area contributed by atoms with Crippen molar-refractivity contribution in [2.24, 2.45) is 11.3 Å². The van der Waals surface area contributed by atoms with Gasteiger partial charge < -0.3 is 5.11 Å². The summed E-state index contributed by atoms with van der Waals surface area (Å²) in [5, 5.41) is 10.0. The monoisotopic (exact) mass is 256 g/mol. The highest BCUT2D eigenvalue weighted by atomic mass is 19.2. The maximum Gasteiger partial charge on any atom is 0.159 e. The molecule has 0 spiro atoms. The second-order valence-electron chi connectivity index (χ2n) is 6.30. The third-order valence-corrected chi connectivity index (χ3v) is 2.91. The largest absolute Gasteiger partial charge is 0.388 e. The zero-order valence-corrected chi connectivity index (χ0v) is 11.5. The highest BCUT2D eigenvalue weighted by molar-refractivity contribution is 5.20. The third-order valence-electron chi connectivity index (χ3n) is 2.91. The van der Waals surface area contributed by atoms with Gasteiger partial charge in [0.1, 0.15) is 0 Å². The number of halogens is 2. The van der Waals surface area contributed by atoms with Crippen LogP contribution in [0.4, 0.5) is 8.78 Å².